The molecule has 1 amide bonds. The Kier molecular flexibility index (Phi) is 3.97. The van der Waals surface area contributed by atoms with Gasteiger partial charge in [0.15, 0.2) is 9.84 Å². The molecule has 8 heteroatoms. The van der Waals surface area contributed by atoms with Gasteiger partial charge in [-0.25, -0.2) is 8.42 Å². The van der Waals surface area contributed by atoms with Gasteiger partial charge < -0.3 is 9.32 Å². The normalized spacial score (nSPS) is 19.1. The second-order valence-electron chi connectivity index (χ2n) is 5.89. The van der Waals surface area contributed by atoms with Crippen LogP contribution in [0.1, 0.15) is 28.1 Å². The molecule has 0 bridgehead atoms. The van der Waals surface area contributed by atoms with Crippen LogP contribution in [0.5, 0.6) is 0 Å². The van der Waals surface area contributed by atoms with Crippen LogP contribution in [0.15, 0.2) is 28.9 Å². The fraction of sp³-hybridized carbons (Fsp3) is 0.375. The van der Waals surface area contributed by atoms with Crippen LogP contribution in [0.3, 0.4) is 0 Å². The SMILES string of the molecule is Cc1oc(-n2cccc2)c(C#N)c1C(=O)N(C)[C@@H]1CCS(=O)(=O)C1. The van der Waals surface area contributed by atoms with E-state index in [9.17, 15) is 18.5 Å². The number of carbonyl (C=O) groups excluding carboxylic acids is 1. The third-order valence-corrected chi connectivity index (χ3v) is 6.06. The molecular formula is C16H17N3O4S. The number of rotatable bonds is 3. The van der Waals surface area contributed by atoms with E-state index in [0.717, 1.165) is 0 Å². The summed E-state index contributed by atoms with van der Waals surface area (Å²) in [6.45, 7) is 1.63. The summed E-state index contributed by atoms with van der Waals surface area (Å²) < 4.78 is 30.5. The first kappa shape index (κ1) is 16.3. The molecule has 126 valence electrons. The lowest BCUT2D eigenvalue weighted by Gasteiger charge is -2.23. The van der Waals surface area contributed by atoms with Gasteiger partial charge in [0.05, 0.1) is 11.5 Å². The van der Waals surface area contributed by atoms with Crippen molar-refractivity contribution in [3.05, 3.63) is 41.4 Å². The van der Waals surface area contributed by atoms with Crippen molar-refractivity contribution in [3.8, 4) is 12.0 Å². The van der Waals surface area contributed by atoms with E-state index in [2.05, 4.69) is 0 Å². The van der Waals surface area contributed by atoms with Crippen molar-refractivity contribution in [2.75, 3.05) is 18.6 Å². The molecule has 24 heavy (non-hydrogen) atoms. The van der Waals surface area contributed by atoms with Crippen molar-refractivity contribution >= 4 is 15.7 Å². The fourth-order valence-corrected chi connectivity index (χ4v) is 4.74. The van der Waals surface area contributed by atoms with Gasteiger partial charge in [-0.1, -0.05) is 0 Å². The van der Waals surface area contributed by atoms with E-state index in [-0.39, 0.29) is 34.6 Å². The predicted octanol–water partition coefficient (Wildman–Crippen LogP) is 1.51. The molecule has 0 aromatic carbocycles. The van der Waals surface area contributed by atoms with Gasteiger partial charge in [0.2, 0.25) is 5.88 Å². The first-order valence-electron chi connectivity index (χ1n) is 7.48. The number of aryl methyl sites for hydroxylation is 1. The number of nitrogens with zero attached hydrogens (tertiary/aromatic N) is 3. The first-order valence-corrected chi connectivity index (χ1v) is 9.30. The third kappa shape index (κ3) is 2.71. The van der Waals surface area contributed by atoms with Crippen molar-refractivity contribution in [1.82, 2.24) is 9.47 Å². The molecule has 0 N–H and O–H groups in total. The molecule has 3 heterocycles. The van der Waals surface area contributed by atoms with Gasteiger partial charge >= 0.3 is 0 Å². The van der Waals surface area contributed by atoms with E-state index in [1.807, 2.05) is 6.07 Å². The minimum absolute atomic E-state index is 0.0432. The molecule has 1 fully saturated rings. The highest BCUT2D eigenvalue weighted by Crippen LogP contribution is 2.28. The molecule has 1 saturated heterocycles. The van der Waals surface area contributed by atoms with E-state index < -0.39 is 15.7 Å². The molecule has 1 aliphatic rings. The van der Waals surface area contributed by atoms with E-state index in [4.69, 9.17) is 4.42 Å². The number of furan rings is 1. The summed E-state index contributed by atoms with van der Waals surface area (Å²) in [5, 5.41) is 9.50. The molecule has 2 aromatic heterocycles. The van der Waals surface area contributed by atoms with Crippen LogP contribution in [-0.4, -0.2) is 48.4 Å². The van der Waals surface area contributed by atoms with Gasteiger partial charge in [0, 0.05) is 25.5 Å². The van der Waals surface area contributed by atoms with Crippen LogP contribution in [0.2, 0.25) is 0 Å². The Balaban J connectivity index is 1.97. The van der Waals surface area contributed by atoms with Crippen LogP contribution in [0, 0.1) is 18.3 Å². The summed E-state index contributed by atoms with van der Waals surface area (Å²) in [5.74, 6) is 0.273. The number of aromatic nitrogens is 1. The third-order valence-electron chi connectivity index (χ3n) is 4.31. The summed E-state index contributed by atoms with van der Waals surface area (Å²) in [5.41, 5.74) is 0.342. The summed E-state index contributed by atoms with van der Waals surface area (Å²) in [6, 6.07) is 5.23. The van der Waals surface area contributed by atoms with Crippen molar-refractivity contribution < 1.29 is 17.6 Å². The van der Waals surface area contributed by atoms with Crippen molar-refractivity contribution in [2.24, 2.45) is 0 Å². The summed E-state index contributed by atoms with van der Waals surface area (Å²) in [7, 11) is -1.53. The van der Waals surface area contributed by atoms with E-state index in [1.165, 1.54) is 4.90 Å². The Morgan fingerprint density at radius 2 is 2.08 bits per heavy atom. The molecule has 0 saturated carbocycles. The van der Waals surface area contributed by atoms with Crippen molar-refractivity contribution in [3.63, 3.8) is 0 Å². The molecule has 3 rings (SSSR count). The number of sulfone groups is 1. The molecule has 0 aliphatic carbocycles. The fourth-order valence-electron chi connectivity index (χ4n) is 2.97. The summed E-state index contributed by atoms with van der Waals surface area (Å²) >= 11 is 0. The lowest BCUT2D eigenvalue weighted by Crippen LogP contribution is -2.38. The molecule has 0 radical (unpaired) electrons. The maximum Gasteiger partial charge on any atom is 0.258 e. The Morgan fingerprint density at radius 1 is 1.42 bits per heavy atom. The van der Waals surface area contributed by atoms with Gasteiger partial charge in [0.1, 0.15) is 23.0 Å². The molecule has 2 aromatic rings. The quantitative estimate of drug-likeness (QED) is 0.838. The maximum absolute atomic E-state index is 12.8. The average molecular weight is 347 g/mol. The predicted molar refractivity (Wildman–Crippen MR) is 86.6 cm³/mol. The molecule has 7 nitrogen and oxygen atoms in total. The Hall–Kier alpha value is -2.53. The first-order chi connectivity index (χ1) is 11.3. The zero-order valence-corrected chi connectivity index (χ0v) is 14.2. The van der Waals surface area contributed by atoms with Crippen LogP contribution >= 0.6 is 0 Å². The topological polar surface area (TPSA) is 96.3 Å². The molecule has 1 atom stereocenters. The number of hydrogen-bond acceptors (Lipinski definition) is 5. The van der Waals surface area contributed by atoms with Gasteiger partial charge in [-0.05, 0) is 25.5 Å². The van der Waals surface area contributed by atoms with E-state index >= 15 is 0 Å². The maximum atomic E-state index is 12.8. The number of nitriles is 1. The van der Waals surface area contributed by atoms with Crippen molar-refractivity contribution in [1.29, 1.82) is 5.26 Å². The lowest BCUT2D eigenvalue weighted by molar-refractivity contribution is 0.0745. The number of hydrogen-bond donors (Lipinski definition) is 0. The highest BCUT2D eigenvalue weighted by Gasteiger charge is 2.35. The van der Waals surface area contributed by atoms with Crippen LogP contribution in [0.4, 0.5) is 0 Å². The second kappa shape index (κ2) is 5.83. The number of amides is 1. The Morgan fingerprint density at radius 3 is 2.62 bits per heavy atom. The molecule has 0 spiro atoms. The highest BCUT2D eigenvalue weighted by molar-refractivity contribution is 7.91. The summed E-state index contributed by atoms with van der Waals surface area (Å²) in [6.07, 6.45) is 3.86. The molecule has 1 aliphatic heterocycles. The van der Waals surface area contributed by atoms with Gasteiger partial charge in [-0.2, -0.15) is 5.26 Å². The second-order valence-corrected chi connectivity index (χ2v) is 8.12. The Bertz CT molecular complexity index is 919. The minimum Gasteiger partial charge on any atom is -0.443 e. The van der Waals surface area contributed by atoms with Gasteiger partial charge in [-0.15, -0.1) is 0 Å². The van der Waals surface area contributed by atoms with Crippen LogP contribution in [0.25, 0.3) is 5.88 Å². The highest BCUT2D eigenvalue weighted by atomic mass is 32.2. The lowest BCUT2D eigenvalue weighted by atomic mass is 10.1. The zero-order valence-electron chi connectivity index (χ0n) is 13.4. The van der Waals surface area contributed by atoms with E-state index in [1.54, 1.807) is 43.1 Å². The minimum atomic E-state index is -3.10. The molecule has 0 unspecified atom stereocenters. The summed E-state index contributed by atoms with van der Waals surface area (Å²) in [4.78, 5) is 14.2. The monoisotopic (exact) mass is 347 g/mol. The van der Waals surface area contributed by atoms with Gasteiger partial charge in [0.25, 0.3) is 5.91 Å². The smallest absolute Gasteiger partial charge is 0.258 e. The average Bonchev–Trinajstić information content (AvgIpc) is 3.23. The van der Waals surface area contributed by atoms with Gasteiger partial charge in [-0.3, -0.25) is 9.36 Å². The standard InChI is InChI=1S/C16H17N3O4S/c1-11-14(13(9-17)16(23-11)19-6-3-4-7-19)15(20)18(2)12-5-8-24(21,22)10-12/h3-4,6-7,12H,5,8,10H2,1-2H3/t12-/m1/s1. The molecular weight excluding hydrogens is 330 g/mol. The van der Waals surface area contributed by atoms with Crippen molar-refractivity contribution in [2.45, 2.75) is 19.4 Å². The number of carbonyl (C=O) groups is 1. The van der Waals surface area contributed by atoms with Crippen LogP contribution < -0.4 is 0 Å². The zero-order chi connectivity index (χ0) is 17.5. The largest absolute Gasteiger partial charge is 0.443 e. The van der Waals surface area contributed by atoms with E-state index in [0.29, 0.717) is 12.2 Å². The Labute approximate surface area is 140 Å². The van der Waals surface area contributed by atoms with Crippen LogP contribution in [-0.2, 0) is 9.84 Å².